The number of carbonyl (C=O) groups excluding carboxylic acids is 1. The van der Waals surface area contributed by atoms with Gasteiger partial charge in [-0.05, 0) is 31.2 Å². The first-order valence-electron chi connectivity index (χ1n) is 5.06. The molecule has 0 aromatic carbocycles. The van der Waals surface area contributed by atoms with Crippen LogP contribution in [0.3, 0.4) is 0 Å². The van der Waals surface area contributed by atoms with Gasteiger partial charge in [-0.3, -0.25) is 9.78 Å². The van der Waals surface area contributed by atoms with Crippen LogP contribution in [0, 0.1) is 6.92 Å². The number of pyridine rings is 1. The molecule has 5 heteroatoms. The number of aromatic nitrogens is 1. The summed E-state index contributed by atoms with van der Waals surface area (Å²) in [7, 11) is 0. The number of amides is 1. The molecule has 2 aromatic rings. The second-order valence-electron chi connectivity index (χ2n) is 3.36. The van der Waals surface area contributed by atoms with Crippen LogP contribution in [0.1, 0.15) is 22.0 Å². The maximum atomic E-state index is 11.5. The highest BCUT2D eigenvalue weighted by atomic mass is 16.3. The van der Waals surface area contributed by atoms with Gasteiger partial charge in [0.05, 0.1) is 6.21 Å². The molecule has 1 amide bonds. The second-order valence-corrected chi connectivity index (χ2v) is 3.36. The van der Waals surface area contributed by atoms with Gasteiger partial charge in [0.2, 0.25) is 0 Å². The first-order valence-corrected chi connectivity index (χ1v) is 5.06. The zero-order valence-corrected chi connectivity index (χ0v) is 9.25. The van der Waals surface area contributed by atoms with E-state index >= 15 is 0 Å². The predicted molar refractivity (Wildman–Crippen MR) is 62.7 cm³/mol. The number of nitrogens with one attached hydrogen (secondary N) is 1. The molecule has 0 saturated heterocycles. The molecule has 0 unspecified atom stereocenters. The Morgan fingerprint density at radius 2 is 2.29 bits per heavy atom. The Balaban J connectivity index is 1.95. The molecule has 0 fully saturated rings. The van der Waals surface area contributed by atoms with E-state index in [9.17, 15) is 4.79 Å². The lowest BCUT2D eigenvalue weighted by Gasteiger charge is -1.96. The maximum absolute atomic E-state index is 11.5. The molecule has 0 radical (unpaired) electrons. The van der Waals surface area contributed by atoms with Gasteiger partial charge < -0.3 is 4.42 Å². The smallest absolute Gasteiger partial charge is 0.289 e. The number of hydrogen-bond donors (Lipinski definition) is 1. The average Bonchev–Trinajstić information content (AvgIpc) is 2.76. The van der Waals surface area contributed by atoms with E-state index in [2.05, 4.69) is 15.5 Å². The third-order valence-electron chi connectivity index (χ3n) is 2.02. The van der Waals surface area contributed by atoms with Gasteiger partial charge in [0.25, 0.3) is 5.91 Å². The summed E-state index contributed by atoms with van der Waals surface area (Å²) in [6.07, 6.45) is 2.99. The van der Waals surface area contributed by atoms with Crippen molar-refractivity contribution in [2.75, 3.05) is 0 Å². The molecule has 1 N–H and O–H groups in total. The molecule has 2 heterocycles. The van der Waals surface area contributed by atoms with Crippen LogP contribution in [-0.2, 0) is 0 Å². The molecule has 0 aliphatic rings. The normalized spacial score (nSPS) is 10.6. The van der Waals surface area contributed by atoms with Gasteiger partial charge in [0, 0.05) is 6.20 Å². The minimum absolute atomic E-state index is 0.320. The molecule has 0 aliphatic heterocycles. The third kappa shape index (κ3) is 3.01. The summed E-state index contributed by atoms with van der Waals surface area (Å²) in [6, 6.07) is 8.68. The Kier molecular flexibility index (Phi) is 3.30. The Morgan fingerprint density at radius 3 is 2.94 bits per heavy atom. The van der Waals surface area contributed by atoms with Crippen molar-refractivity contribution in [3.63, 3.8) is 0 Å². The Bertz CT molecular complexity index is 532. The molecule has 2 rings (SSSR count). The van der Waals surface area contributed by atoms with Crippen LogP contribution in [0.2, 0.25) is 0 Å². The lowest BCUT2D eigenvalue weighted by molar-refractivity contribution is 0.0950. The highest BCUT2D eigenvalue weighted by molar-refractivity contribution is 5.92. The molecule has 0 saturated carbocycles. The van der Waals surface area contributed by atoms with Crippen LogP contribution in [0.5, 0.6) is 0 Å². The fourth-order valence-corrected chi connectivity index (χ4v) is 1.23. The van der Waals surface area contributed by atoms with Crippen molar-refractivity contribution >= 4 is 12.1 Å². The Morgan fingerprint density at radius 1 is 1.41 bits per heavy atom. The van der Waals surface area contributed by atoms with Crippen molar-refractivity contribution in [2.24, 2.45) is 5.10 Å². The number of rotatable bonds is 3. The van der Waals surface area contributed by atoms with E-state index in [-0.39, 0.29) is 5.91 Å². The number of nitrogens with zero attached hydrogens (tertiary/aromatic N) is 2. The molecular weight excluding hydrogens is 218 g/mol. The van der Waals surface area contributed by atoms with Gasteiger partial charge in [-0.2, -0.15) is 5.10 Å². The lowest BCUT2D eigenvalue weighted by atomic mass is 10.3. The average molecular weight is 229 g/mol. The number of hydrazone groups is 1. The summed E-state index contributed by atoms with van der Waals surface area (Å²) in [6.45, 7) is 1.84. The topological polar surface area (TPSA) is 67.5 Å². The van der Waals surface area contributed by atoms with E-state index in [0.29, 0.717) is 11.5 Å². The van der Waals surface area contributed by atoms with Crippen molar-refractivity contribution in [2.45, 2.75) is 6.92 Å². The highest BCUT2D eigenvalue weighted by Crippen LogP contribution is 2.02. The first-order chi connectivity index (χ1) is 8.25. The maximum Gasteiger partial charge on any atom is 0.289 e. The summed E-state index contributed by atoms with van der Waals surface area (Å²) in [5.74, 6) is 1.02. The van der Waals surface area contributed by atoms with Gasteiger partial charge in [-0.25, -0.2) is 5.43 Å². The van der Waals surface area contributed by atoms with Crippen molar-refractivity contribution in [3.05, 3.63) is 53.7 Å². The monoisotopic (exact) mass is 229 g/mol. The van der Waals surface area contributed by atoms with Gasteiger partial charge in [0.1, 0.15) is 17.2 Å². The largest absolute Gasteiger partial charge is 0.460 e. The summed E-state index contributed by atoms with van der Waals surface area (Å²) < 4.78 is 5.25. The van der Waals surface area contributed by atoms with Crippen LogP contribution in [0.25, 0.3) is 0 Å². The molecule has 86 valence electrons. The summed E-state index contributed by atoms with van der Waals surface area (Å²) in [5, 5.41) is 3.77. The van der Waals surface area contributed by atoms with Gasteiger partial charge in [0.15, 0.2) is 0 Å². The first kappa shape index (κ1) is 11.1. The standard InChI is InChI=1S/C12H11N3O2/c1-9-5-6-10(17-9)8-14-15-12(16)11-4-2-3-7-13-11/h2-8H,1H3,(H,15,16). The van der Waals surface area contributed by atoms with E-state index < -0.39 is 0 Å². The summed E-state index contributed by atoms with van der Waals surface area (Å²) in [4.78, 5) is 15.4. The van der Waals surface area contributed by atoms with E-state index in [0.717, 1.165) is 5.76 Å². The Labute approximate surface area is 98.2 Å². The fraction of sp³-hybridized carbons (Fsp3) is 0.0833. The SMILES string of the molecule is Cc1ccc(C=NNC(=O)c2ccccn2)o1. The fourth-order valence-electron chi connectivity index (χ4n) is 1.23. The number of aryl methyl sites for hydroxylation is 1. The second kappa shape index (κ2) is 5.07. The molecule has 0 aliphatic carbocycles. The predicted octanol–water partition coefficient (Wildman–Crippen LogP) is 1.75. The molecule has 0 spiro atoms. The molecule has 0 atom stereocenters. The quantitative estimate of drug-likeness (QED) is 0.644. The van der Waals surface area contributed by atoms with Gasteiger partial charge in [-0.15, -0.1) is 0 Å². The summed E-state index contributed by atoms with van der Waals surface area (Å²) in [5.41, 5.74) is 2.68. The minimum Gasteiger partial charge on any atom is -0.460 e. The van der Waals surface area contributed by atoms with Gasteiger partial charge in [-0.1, -0.05) is 6.07 Å². The molecule has 17 heavy (non-hydrogen) atoms. The minimum atomic E-state index is -0.356. The molecule has 0 bridgehead atoms. The van der Waals surface area contributed by atoms with Crippen molar-refractivity contribution in [1.82, 2.24) is 10.4 Å². The molecule has 5 nitrogen and oxygen atoms in total. The molecular formula is C12H11N3O2. The van der Waals surface area contributed by atoms with Gasteiger partial charge >= 0.3 is 0 Å². The van der Waals surface area contributed by atoms with Crippen molar-refractivity contribution in [3.8, 4) is 0 Å². The van der Waals surface area contributed by atoms with E-state index in [1.54, 1.807) is 30.5 Å². The van der Waals surface area contributed by atoms with E-state index in [1.807, 2.05) is 13.0 Å². The zero-order chi connectivity index (χ0) is 12.1. The van der Waals surface area contributed by atoms with Crippen LogP contribution < -0.4 is 5.43 Å². The number of hydrogen-bond acceptors (Lipinski definition) is 4. The Hall–Kier alpha value is -2.43. The zero-order valence-electron chi connectivity index (χ0n) is 9.25. The van der Waals surface area contributed by atoms with Crippen LogP contribution in [0.15, 0.2) is 46.0 Å². The van der Waals surface area contributed by atoms with Crippen LogP contribution >= 0.6 is 0 Å². The van der Waals surface area contributed by atoms with Crippen molar-refractivity contribution in [1.29, 1.82) is 0 Å². The third-order valence-corrected chi connectivity index (χ3v) is 2.02. The van der Waals surface area contributed by atoms with E-state index in [1.165, 1.54) is 6.21 Å². The highest BCUT2D eigenvalue weighted by Gasteiger charge is 2.03. The van der Waals surface area contributed by atoms with Crippen LogP contribution in [-0.4, -0.2) is 17.1 Å². The molecule has 2 aromatic heterocycles. The lowest BCUT2D eigenvalue weighted by Crippen LogP contribution is -2.18. The number of furan rings is 1. The summed E-state index contributed by atoms with van der Waals surface area (Å²) >= 11 is 0. The van der Waals surface area contributed by atoms with E-state index in [4.69, 9.17) is 4.42 Å². The van der Waals surface area contributed by atoms with Crippen LogP contribution in [0.4, 0.5) is 0 Å². The number of carbonyl (C=O) groups is 1. The van der Waals surface area contributed by atoms with Crippen molar-refractivity contribution < 1.29 is 9.21 Å².